The predicted octanol–water partition coefficient (Wildman–Crippen LogP) is 4.75. The van der Waals surface area contributed by atoms with Gasteiger partial charge in [0.05, 0.1) is 11.9 Å². The molecule has 0 bridgehead atoms. The van der Waals surface area contributed by atoms with Gasteiger partial charge in [0.15, 0.2) is 0 Å². The van der Waals surface area contributed by atoms with E-state index in [9.17, 15) is 18.3 Å². The molecule has 32 heavy (non-hydrogen) atoms. The summed E-state index contributed by atoms with van der Waals surface area (Å²) in [6.45, 7) is 2.26. The third-order valence-corrected chi connectivity index (χ3v) is 11.4. The van der Waals surface area contributed by atoms with Crippen molar-refractivity contribution in [1.29, 1.82) is 0 Å². The van der Waals surface area contributed by atoms with Gasteiger partial charge in [-0.25, -0.2) is 0 Å². The smallest absolute Gasteiger partial charge is 0.320 e. The summed E-state index contributed by atoms with van der Waals surface area (Å²) in [5, 5.41) is 10.0. The third kappa shape index (κ3) is 5.24. The topological polar surface area (TPSA) is 91.7 Å². The molecule has 5 saturated carbocycles. The Morgan fingerprint density at radius 2 is 1.75 bits per heavy atom. The van der Waals surface area contributed by atoms with Crippen LogP contribution in [0.5, 0.6) is 0 Å². The van der Waals surface area contributed by atoms with Crippen molar-refractivity contribution in [2.24, 2.45) is 46.8 Å². The van der Waals surface area contributed by atoms with Gasteiger partial charge in [-0.3, -0.25) is 9.35 Å². The lowest BCUT2D eigenvalue weighted by molar-refractivity contribution is -0.128. The van der Waals surface area contributed by atoms with Crippen molar-refractivity contribution in [3.8, 4) is 12.3 Å². The zero-order valence-electron chi connectivity index (χ0n) is 19.1. The average Bonchev–Trinajstić information content (AvgIpc) is 3.52. The van der Waals surface area contributed by atoms with Crippen molar-refractivity contribution in [3.63, 3.8) is 0 Å². The van der Waals surface area contributed by atoms with E-state index in [1.807, 2.05) is 0 Å². The molecular formula is C25H38O5S2. The molecule has 0 aromatic rings. The van der Waals surface area contributed by atoms with Crippen LogP contribution in [0.3, 0.4) is 0 Å². The highest BCUT2D eigenvalue weighted by atomic mass is 33.1. The maximum Gasteiger partial charge on any atom is 0.320 e. The number of carbonyl (C=O) groups is 1. The second-order valence-electron chi connectivity index (χ2n) is 11.2. The SMILES string of the molecule is C#CC1CC1.CC12CCC3C4CCC(O)CC4CCC3C1CCC2C(=O)CSS(=O)(=O)O. The molecule has 0 aliphatic heterocycles. The number of carbonyl (C=O) groups excluding carboxylic acids is 1. The van der Waals surface area contributed by atoms with E-state index in [-0.39, 0.29) is 29.0 Å². The van der Waals surface area contributed by atoms with E-state index >= 15 is 0 Å². The Bertz CT molecular complexity index is 845. The van der Waals surface area contributed by atoms with Crippen LogP contribution >= 0.6 is 10.8 Å². The molecule has 0 spiro atoms. The van der Waals surface area contributed by atoms with Crippen molar-refractivity contribution < 1.29 is 22.9 Å². The van der Waals surface area contributed by atoms with Crippen LogP contribution in [0, 0.1) is 59.2 Å². The second kappa shape index (κ2) is 9.60. The van der Waals surface area contributed by atoms with Crippen LogP contribution in [0.2, 0.25) is 0 Å². The number of Topliss-reactive ketones (excluding diaryl/α,β-unsaturated/α-hetero) is 1. The molecule has 5 rings (SSSR count). The monoisotopic (exact) mass is 482 g/mol. The lowest BCUT2D eigenvalue weighted by Gasteiger charge is -2.56. The molecule has 0 aromatic heterocycles. The lowest BCUT2D eigenvalue weighted by atomic mass is 9.49. The molecule has 0 radical (unpaired) electrons. The molecule has 5 aliphatic carbocycles. The average molecular weight is 483 g/mol. The van der Waals surface area contributed by atoms with Crippen LogP contribution in [0.25, 0.3) is 0 Å². The molecule has 8 atom stereocenters. The molecule has 0 aromatic carbocycles. The first-order valence-electron chi connectivity index (χ1n) is 12.4. The standard InChI is InChI=1S/C20H32O5S2.C5H6/c1-20-9-8-15-14-5-3-13(21)10-12(14)2-4-16(15)17(20)6-7-18(20)19(22)11-26-27(23,24)25;1-2-5-3-4-5/h12-18,21H,2-11H2,1H3,(H,23,24,25);1,5H,3-4H2. The van der Waals surface area contributed by atoms with Gasteiger partial charge >= 0.3 is 9.15 Å². The minimum Gasteiger partial charge on any atom is -0.393 e. The van der Waals surface area contributed by atoms with Gasteiger partial charge in [0.2, 0.25) is 0 Å². The number of fused-ring (bicyclic) bond motifs is 5. The fourth-order valence-corrected chi connectivity index (χ4v) is 9.10. The van der Waals surface area contributed by atoms with Crippen molar-refractivity contribution in [2.45, 2.75) is 83.7 Å². The molecule has 7 heteroatoms. The highest BCUT2D eigenvalue weighted by molar-refractivity contribution is 8.70. The van der Waals surface area contributed by atoms with Crippen LogP contribution < -0.4 is 0 Å². The van der Waals surface area contributed by atoms with Gasteiger partial charge in [-0.05, 0) is 106 Å². The summed E-state index contributed by atoms with van der Waals surface area (Å²) in [5.41, 5.74) is -0.0148. The molecule has 2 N–H and O–H groups in total. The molecular weight excluding hydrogens is 444 g/mol. The summed E-state index contributed by atoms with van der Waals surface area (Å²) in [7, 11) is -3.80. The second-order valence-corrected chi connectivity index (χ2v) is 14.5. The van der Waals surface area contributed by atoms with Crippen molar-refractivity contribution in [2.75, 3.05) is 5.75 Å². The number of rotatable bonds is 4. The summed E-state index contributed by atoms with van der Waals surface area (Å²) < 4.78 is 31.0. The van der Waals surface area contributed by atoms with E-state index in [1.54, 1.807) is 0 Å². The van der Waals surface area contributed by atoms with Gasteiger partial charge < -0.3 is 5.11 Å². The van der Waals surface area contributed by atoms with Crippen LogP contribution in [0.4, 0.5) is 0 Å². The molecule has 0 saturated heterocycles. The first kappa shape index (κ1) is 24.6. The Morgan fingerprint density at radius 1 is 1.03 bits per heavy atom. The minimum absolute atomic E-state index is 0.00412. The first-order chi connectivity index (χ1) is 15.1. The molecule has 5 fully saturated rings. The van der Waals surface area contributed by atoms with Gasteiger partial charge in [-0.2, -0.15) is 8.42 Å². The molecule has 5 nitrogen and oxygen atoms in total. The van der Waals surface area contributed by atoms with E-state index in [2.05, 4.69) is 12.8 Å². The van der Waals surface area contributed by atoms with Gasteiger partial charge in [0.1, 0.15) is 5.78 Å². The first-order valence-corrected chi connectivity index (χ1v) is 15.4. The minimum atomic E-state index is -4.16. The summed E-state index contributed by atoms with van der Waals surface area (Å²) in [5.74, 6) is 6.53. The highest BCUT2D eigenvalue weighted by Crippen LogP contribution is 2.64. The van der Waals surface area contributed by atoms with Crippen LogP contribution in [-0.2, 0) is 13.9 Å². The maximum atomic E-state index is 12.8. The maximum absolute atomic E-state index is 12.8. The highest BCUT2D eigenvalue weighted by Gasteiger charge is 2.58. The Balaban J connectivity index is 0.000000433. The van der Waals surface area contributed by atoms with Crippen LogP contribution in [-0.4, -0.2) is 35.7 Å². The predicted molar refractivity (Wildman–Crippen MR) is 127 cm³/mol. The molecule has 180 valence electrons. The Kier molecular flexibility index (Phi) is 7.37. The molecule has 0 heterocycles. The van der Waals surface area contributed by atoms with E-state index < -0.39 is 9.15 Å². The van der Waals surface area contributed by atoms with Gasteiger partial charge in [0.25, 0.3) is 0 Å². The van der Waals surface area contributed by atoms with Gasteiger partial charge in [-0.15, -0.1) is 12.3 Å². The number of aliphatic hydroxyl groups is 1. The van der Waals surface area contributed by atoms with Crippen molar-refractivity contribution in [1.82, 2.24) is 0 Å². The fraction of sp³-hybridized carbons (Fsp3) is 0.880. The molecule has 5 aliphatic rings. The van der Waals surface area contributed by atoms with E-state index in [0.29, 0.717) is 34.5 Å². The summed E-state index contributed by atoms with van der Waals surface area (Å²) in [6.07, 6.45) is 17.1. The van der Waals surface area contributed by atoms with Gasteiger partial charge in [-0.1, -0.05) is 6.92 Å². The zero-order chi connectivity index (χ0) is 23.1. The third-order valence-electron chi connectivity index (χ3n) is 9.48. The van der Waals surface area contributed by atoms with Crippen LogP contribution in [0.1, 0.15) is 77.6 Å². The van der Waals surface area contributed by atoms with Crippen molar-refractivity contribution >= 4 is 25.7 Å². The number of terminal acetylenes is 1. The molecule has 0 amide bonds. The van der Waals surface area contributed by atoms with E-state index in [0.717, 1.165) is 50.4 Å². The number of aliphatic hydroxyl groups excluding tert-OH is 1. The summed E-state index contributed by atoms with van der Waals surface area (Å²) in [4.78, 5) is 12.8. The largest absolute Gasteiger partial charge is 0.393 e. The Labute approximate surface area is 197 Å². The summed E-state index contributed by atoms with van der Waals surface area (Å²) >= 11 is 0. The van der Waals surface area contributed by atoms with Crippen LogP contribution in [0.15, 0.2) is 0 Å². The zero-order valence-corrected chi connectivity index (χ0v) is 20.8. The Morgan fingerprint density at radius 3 is 2.38 bits per heavy atom. The lowest BCUT2D eigenvalue weighted by Crippen LogP contribution is -2.49. The summed E-state index contributed by atoms with van der Waals surface area (Å²) in [6, 6.07) is 0. The molecule has 8 unspecified atom stereocenters. The van der Waals surface area contributed by atoms with Gasteiger partial charge in [0, 0.05) is 22.6 Å². The van der Waals surface area contributed by atoms with E-state index in [1.165, 1.54) is 32.1 Å². The normalized spacial score (nSPS) is 43.0. The number of ketones is 1. The number of hydrogen-bond acceptors (Lipinski definition) is 5. The fourth-order valence-electron chi connectivity index (χ4n) is 7.84. The number of hydrogen-bond donors (Lipinski definition) is 2. The Hall–Kier alpha value is -0.550. The van der Waals surface area contributed by atoms with Crippen molar-refractivity contribution in [3.05, 3.63) is 0 Å². The van der Waals surface area contributed by atoms with E-state index in [4.69, 9.17) is 11.0 Å². The quantitative estimate of drug-likeness (QED) is 0.341.